The summed E-state index contributed by atoms with van der Waals surface area (Å²) >= 11 is 0. The first-order valence-electron chi connectivity index (χ1n) is 6.56. The quantitative estimate of drug-likeness (QED) is 0.700. The molecule has 0 aromatic heterocycles. The van der Waals surface area contributed by atoms with E-state index >= 15 is 0 Å². The van der Waals surface area contributed by atoms with E-state index in [-0.39, 0.29) is 0 Å². The Hall–Kier alpha value is -0.830. The molecule has 0 N–H and O–H groups in total. The second kappa shape index (κ2) is 6.20. The van der Waals surface area contributed by atoms with Gasteiger partial charge in [-0.1, -0.05) is 13.8 Å². The van der Waals surface area contributed by atoms with Crippen LogP contribution >= 0.6 is 0 Å². The van der Waals surface area contributed by atoms with Gasteiger partial charge in [-0.25, -0.2) is 4.99 Å². The smallest absolute Gasteiger partial charge is 0.126 e. The van der Waals surface area contributed by atoms with E-state index in [1.807, 2.05) is 0 Å². The molecule has 17 heavy (non-hydrogen) atoms. The molecule has 1 aliphatic rings. The van der Waals surface area contributed by atoms with Crippen LogP contribution in [-0.4, -0.2) is 49.7 Å². The van der Waals surface area contributed by atoms with Gasteiger partial charge in [-0.3, -0.25) is 0 Å². The summed E-state index contributed by atoms with van der Waals surface area (Å²) < 4.78 is 0. The third-order valence-electron chi connectivity index (χ3n) is 3.86. The average molecular weight is 237 g/mol. The predicted molar refractivity (Wildman–Crippen MR) is 75.4 cm³/mol. The summed E-state index contributed by atoms with van der Waals surface area (Å²) in [5, 5.41) is 0. The molecule has 0 aromatic rings. The van der Waals surface area contributed by atoms with E-state index < -0.39 is 0 Å². The Morgan fingerprint density at radius 2 is 1.82 bits per heavy atom. The van der Waals surface area contributed by atoms with Crippen LogP contribution in [0.15, 0.2) is 16.4 Å². The minimum Gasteiger partial charge on any atom is -0.357 e. The maximum absolute atomic E-state index is 4.24. The van der Waals surface area contributed by atoms with Crippen LogP contribution in [0.5, 0.6) is 0 Å². The van der Waals surface area contributed by atoms with Crippen molar-refractivity contribution in [3.05, 3.63) is 11.4 Å². The average Bonchev–Trinajstić information content (AvgIpc) is 2.30. The summed E-state index contributed by atoms with van der Waals surface area (Å²) in [5.74, 6) is 1.65. The maximum atomic E-state index is 4.24. The lowest BCUT2D eigenvalue weighted by molar-refractivity contribution is 0.168. The number of allylic oxidation sites excluding steroid dienone is 1. The van der Waals surface area contributed by atoms with Crippen LogP contribution in [0, 0.1) is 5.92 Å². The maximum Gasteiger partial charge on any atom is 0.126 e. The van der Waals surface area contributed by atoms with Gasteiger partial charge in [0.1, 0.15) is 5.82 Å². The molecule has 0 bridgehead atoms. The van der Waals surface area contributed by atoms with Gasteiger partial charge in [0.15, 0.2) is 0 Å². The van der Waals surface area contributed by atoms with Crippen molar-refractivity contribution in [2.45, 2.75) is 39.7 Å². The molecule has 1 fully saturated rings. The summed E-state index contributed by atoms with van der Waals surface area (Å²) in [6.45, 7) is 12.5. The zero-order valence-corrected chi connectivity index (χ0v) is 12.0. The van der Waals surface area contributed by atoms with Crippen LogP contribution in [0.4, 0.5) is 0 Å². The lowest BCUT2D eigenvalue weighted by Crippen LogP contribution is -2.41. The molecule has 1 heterocycles. The van der Waals surface area contributed by atoms with Crippen LogP contribution < -0.4 is 0 Å². The summed E-state index contributed by atoms with van der Waals surface area (Å²) in [5.41, 5.74) is 1.35. The summed E-state index contributed by atoms with van der Waals surface area (Å²) in [4.78, 5) is 8.97. The molecule has 0 radical (unpaired) electrons. The Balaban J connectivity index is 2.69. The first-order chi connectivity index (χ1) is 7.97. The highest BCUT2D eigenvalue weighted by atomic mass is 15.2. The van der Waals surface area contributed by atoms with Crippen LogP contribution in [0.1, 0.15) is 33.6 Å². The highest BCUT2D eigenvalue weighted by Crippen LogP contribution is 2.23. The highest BCUT2D eigenvalue weighted by Gasteiger charge is 2.22. The van der Waals surface area contributed by atoms with Crippen LogP contribution in [0.25, 0.3) is 0 Å². The molecule has 0 aromatic carbocycles. The summed E-state index contributed by atoms with van der Waals surface area (Å²) in [7, 11) is 4.34. The number of likely N-dealkylation sites (tertiary alicyclic amines) is 1. The van der Waals surface area contributed by atoms with E-state index in [1.165, 1.54) is 18.4 Å². The number of hydrogen-bond donors (Lipinski definition) is 0. The SMILES string of the molecule is C=N/C(=C(\C)C(C)C)N1CCC(N(C)C)CC1. The molecule has 0 amide bonds. The number of nitrogens with zero attached hydrogens (tertiary/aromatic N) is 3. The minimum absolute atomic E-state index is 0.544. The van der Waals surface area contributed by atoms with Gasteiger partial charge in [-0.2, -0.15) is 0 Å². The van der Waals surface area contributed by atoms with E-state index in [0.29, 0.717) is 5.92 Å². The molecule has 0 saturated carbocycles. The van der Waals surface area contributed by atoms with E-state index in [9.17, 15) is 0 Å². The zero-order valence-electron chi connectivity index (χ0n) is 12.0. The monoisotopic (exact) mass is 237 g/mol. The van der Waals surface area contributed by atoms with Crippen molar-refractivity contribution in [1.82, 2.24) is 9.80 Å². The van der Waals surface area contributed by atoms with Crippen LogP contribution in [0.2, 0.25) is 0 Å². The lowest BCUT2D eigenvalue weighted by Gasteiger charge is -2.37. The van der Waals surface area contributed by atoms with Crippen molar-refractivity contribution >= 4 is 6.72 Å². The molecule has 0 spiro atoms. The predicted octanol–water partition coefficient (Wildman–Crippen LogP) is 2.60. The molecule has 0 aliphatic carbocycles. The molecule has 0 atom stereocenters. The standard InChI is InChI=1S/C14H27N3/c1-11(2)12(3)14(15-4)17-9-7-13(8-10-17)16(5)6/h11,13H,4,7-10H2,1-3,5-6H3/b14-12-. The van der Waals surface area contributed by atoms with Crippen molar-refractivity contribution in [3.8, 4) is 0 Å². The van der Waals surface area contributed by atoms with Gasteiger partial charge in [-0.05, 0) is 52.1 Å². The third-order valence-corrected chi connectivity index (χ3v) is 3.86. The Kier molecular flexibility index (Phi) is 5.19. The fourth-order valence-electron chi connectivity index (χ4n) is 2.33. The second-order valence-corrected chi connectivity index (χ2v) is 5.50. The van der Waals surface area contributed by atoms with E-state index in [2.05, 4.69) is 56.4 Å². The van der Waals surface area contributed by atoms with Crippen LogP contribution in [-0.2, 0) is 0 Å². The van der Waals surface area contributed by atoms with Crippen molar-refractivity contribution in [3.63, 3.8) is 0 Å². The second-order valence-electron chi connectivity index (χ2n) is 5.50. The molecular weight excluding hydrogens is 210 g/mol. The fraction of sp³-hybridized carbons (Fsp3) is 0.786. The molecule has 3 nitrogen and oxygen atoms in total. The molecule has 1 rings (SSSR count). The fourth-order valence-corrected chi connectivity index (χ4v) is 2.33. The number of piperidine rings is 1. The van der Waals surface area contributed by atoms with Crippen molar-refractivity contribution < 1.29 is 0 Å². The number of rotatable bonds is 4. The zero-order chi connectivity index (χ0) is 13.0. The van der Waals surface area contributed by atoms with Gasteiger partial charge < -0.3 is 9.80 Å². The Morgan fingerprint density at radius 3 is 2.18 bits per heavy atom. The number of aliphatic imine (C=N–C) groups is 1. The van der Waals surface area contributed by atoms with Crippen molar-refractivity contribution in [2.24, 2.45) is 10.9 Å². The van der Waals surface area contributed by atoms with Crippen LogP contribution in [0.3, 0.4) is 0 Å². The molecule has 98 valence electrons. The number of hydrogen-bond acceptors (Lipinski definition) is 3. The van der Waals surface area contributed by atoms with Gasteiger partial charge in [0.05, 0.1) is 0 Å². The summed E-state index contributed by atoms with van der Waals surface area (Å²) in [6.07, 6.45) is 2.44. The van der Waals surface area contributed by atoms with E-state index in [1.54, 1.807) is 0 Å². The normalized spacial score (nSPS) is 19.8. The van der Waals surface area contributed by atoms with Gasteiger partial charge in [0.25, 0.3) is 0 Å². The van der Waals surface area contributed by atoms with E-state index in [4.69, 9.17) is 0 Å². The Morgan fingerprint density at radius 1 is 1.29 bits per heavy atom. The Labute approximate surface area is 106 Å². The summed E-state index contributed by atoms with van der Waals surface area (Å²) in [6, 6.07) is 0.719. The van der Waals surface area contributed by atoms with E-state index in [0.717, 1.165) is 25.0 Å². The third kappa shape index (κ3) is 3.56. The first-order valence-corrected chi connectivity index (χ1v) is 6.56. The minimum atomic E-state index is 0.544. The van der Waals surface area contributed by atoms with Crippen molar-refractivity contribution in [2.75, 3.05) is 27.2 Å². The highest BCUT2D eigenvalue weighted by molar-refractivity contribution is 5.30. The molecular formula is C14H27N3. The Bertz CT molecular complexity index is 284. The van der Waals surface area contributed by atoms with Gasteiger partial charge in [-0.15, -0.1) is 0 Å². The van der Waals surface area contributed by atoms with Gasteiger partial charge >= 0.3 is 0 Å². The first kappa shape index (κ1) is 14.2. The lowest BCUT2D eigenvalue weighted by atomic mass is 10.0. The molecule has 0 unspecified atom stereocenters. The van der Waals surface area contributed by atoms with Gasteiger partial charge in [0.2, 0.25) is 0 Å². The van der Waals surface area contributed by atoms with Gasteiger partial charge in [0, 0.05) is 19.1 Å². The topological polar surface area (TPSA) is 18.8 Å². The largest absolute Gasteiger partial charge is 0.357 e. The molecule has 1 aliphatic heterocycles. The molecule has 3 heteroatoms. The molecule has 1 saturated heterocycles. The van der Waals surface area contributed by atoms with Crippen molar-refractivity contribution in [1.29, 1.82) is 0 Å².